The van der Waals surface area contributed by atoms with Crippen molar-refractivity contribution in [2.24, 2.45) is 0 Å². The van der Waals surface area contributed by atoms with Crippen LogP contribution in [0.4, 0.5) is 4.79 Å². The fraction of sp³-hybridized carbons (Fsp3) is 0.253. The summed E-state index contributed by atoms with van der Waals surface area (Å²) in [5.41, 5.74) is 4.54. The predicted octanol–water partition coefficient (Wildman–Crippen LogP) is 12.4. The topological polar surface area (TPSA) is 182 Å². The van der Waals surface area contributed by atoms with E-state index in [2.05, 4.69) is 0 Å². The maximum absolute atomic E-state index is 14.9. The standard InChI is InChI=1S/C75H69NO16/c77-69(56-31-14-4-15-32-56)88-66-64(92-74-67(89-70(78)57-33-16-5-17-34-57)65(83-48-54-40-41-55-30-22-23-39-60(55)44-54)63-62(87-74)50-84-72(91-63)59-37-20-7-21-38-59)61(49-81-46-52-26-10-2-11-27-52)86-73(68(66)90-71(79)58-35-18-6-19-36-58)82-43-42-76(45-51-24-8-1-9-25-51)75(80)85-47-53-28-12-3-13-29-53/h1-41,44,61-68,72-74H,42-43,45-50H2/t61-,62-,63-,64-,65+,66+,67-,68-,72?,73-,74+/m1/s1. The van der Waals surface area contributed by atoms with Crippen molar-refractivity contribution in [3.8, 4) is 0 Å². The van der Waals surface area contributed by atoms with E-state index < -0.39 is 91.7 Å². The smallest absolute Gasteiger partial charge is 0.410 e. The first-order chi connectivity index (χ1) is 45.3. The summed E-state index contributed by atoms with van der Waals surface area (Å²) in [6.07, 6.45) is -15.1. The van der Waals surface area contributed by atoms with E-state index in [1.807, 2.05) is 164 Å². The van der Waals surface area contributed by atoms with Crippen LogP contribution in [0.1, 0.15) is 65.2 Å². The second-order valence-corrected chi connectivity index (χ2v) is 22.3. The van der Waals surface area contributed by atoms with Crippen LogP contribution in [0.2, 0.25) is 0 Å². The molecule has 470 valence electrons. The van der Waals surface area contributed by atoms with Crippen molar-refractivity contribution in [1.82, 2.24) is 4.90 Å². The molecule has 3 heterocycles. The highest BCUT2D eigenvalue weighted by Gasteiger charge is 2.58. The van der Waals surface area contributed by atoms with Gasteiger partial charge >= 0.3 is 24.0 Å². The molecule has 3 fully saturated rings. The van der Waals surface area contributed by atoms with Gasteiger partial charge in [-0.05, 0) is 75.5 Å². The number of hydrogen-bond acceptors (Lipinski definition) is 16. The molecule has 0 aromatic heterocycles. The molecule has 3 aliphatic heterocycles. The van der Waals surface area contributed by atoms with Crippen LogP contribution in [-0.4, -0.2) is 117 Å². The van der Waals surface area contributed by atoms with E-state index in [0.29, 0.717) is 0 Å². The lowest BCUT2D eigenvalue weighted by Gasteiger charge is -2.51. The second-order valence-electron chi connectivity index (χ2n) is 22.3. The Labute approximate surface area is 533 Å². The molecule has 9 aromatic rings. The molecule has 0 radical (unpaired) electrons. The van der Waals surface area contributed by atoms with Crippen molar-refractivity contribution >= 4 is 34.8 Å². The van der Waals surface area contributed by atoms with E-state index in [0.717, 1.165) is 38.6 Å². The third-order valence-electron chi connectivity index (χ3n) is 16.0. The Morgan fingerprint density at radius 2 is 0.946 bits per heavy atom. The van der Waals surface area contributed by atoms with Crippen LogP contribution in [0.15, 0.2) is 255 Å². The zero-order chi connectivity index (χ0) is 62.9. The highest BCUT2D eigenvalue weighted by molar-refractivity contribution is 5.91. The first kappa shape index (κ1) is 62.8. The Morgan fingerprint density at radius 3 is 1.54 bits per heavy atom. The van der Waals surface area contributed by atoms with E-state index in [1.165, 1.54) is 4.90 Å². The van der Waals surface area contributed by atoms with Gasteiger partial charge in [-0.25, -0.2) is 19.2 Å². The van der Waals surface area contributed by atoms with Gasteiger partial charge in [0.15, 0.2) is 37.2 Å². The first-order valence-corrected chi connectivity index (χ1v) is 30.6. The molecule has 0 saturated carbocycles. The van der Waals surface area contributed by atoms with Gasteiger partial charge in [-0.15, -0.1) is 0 Å². The SMILES string of the molecule is O=C(O[C@@H]1[C@@H](OC(=O)c2ccccc2)[C@H](OCCN(Cc2ccccc2)C(=O)OCc2ccccc2)O[C@H](COCc2ccccc2)[C@H]1O[C@@H]1O[C@@H]2COC(c3ccccc3)O[C@H]2[C@H](OCc2ccc3ccccc3c2)[C@H]1OC(=O)c1ccccc1)c1ccccc1. The molecular formula is C75H69NO16. The Balaban J connectivity index is 0.934. The number of rotatable bonds is 24. The maximum Gasteiger partial charge on any atom is 0.410 e. The van der Waals surface area contributed by atoms with E-state index >= 15 is 0 Å². The van der Waals surface area contributed by atoms with Crippen molar-refractivity contribution in [2.75, 3.05) is 26.4 Å². The zero-order valence-electron chi connectivity index (χ0n) is 50.2. The van der Waals surface area contributed by atoms with Crippen LogP contribution in [0.5, 0.6) is 0 Å². The van der Waals surface area contributed by atoms with Gasteiger partial charge in [0.2, 0.25) is 0 Å². The molecule has 0 bridgehead atoms. The van der Waals surface area contributed by atoms with E-state index in [9.17, 15) is 19.2 Å². The van der Waals surface area contributed by atoms with Crippen LogP contribution in [-0.2, 0) is 83.2 Å². The molecule has 11 atom stereocenters. The lowest BCUT2D eigenvalue weighted by atomic mass is 9.95. The number of ether oxygens (including phenoxy) is 12. The first-order valence-electron chi connectivity index (χ1n) is 30.6. The number of amides is 1. The van der Waals surface area contributed by atoms with Crippen LogP contribution in [0, 0.1) is 0 Å². The highest BCUT2D eigenvalue weighted by atomic mass is 16.8. The zero-order valence-corrected chi connectivity index (χ0v) is 50.2. The molecule has 17 heteroatoms. The monoisotopic (exact) mass is 1240 g/mol. The van der Waals surface area contributed by atoms with Crippen molar-refractivity contribution in [3.63, 3.8) is 0 Å². The predicted molar refractivity (Wildman–Crippen MR) is 337 cm³/mol. The van der Waals surface area contributed by atoms with Gasteiger partial charge in [0.25, 0.3) is 0 Å². The van der Waals surface area contributed by atoms with Gasteiger partial charge in [-0.1, -0.05) is 212 Å². The Hall–Kier alpha value is -9.40. The Kier molecular flexibility index (Phi) is 21.2. The van der Waals surface area contributed by atoms with Crippen molar-refractivity contribution < 1.29 is 76.0 Å². The molecule has 17 nitrogen and oxygen atoms in total. The summed E-state index contributed by atoms with van der Waals surface area (Å²) < 4.78 is 80.6. The van der Waals surface area contributed by atoms with Gasteiger partial charge in [-0.2, -0.15) is 0 Å². The van der Waals surface area contributed by atoms with Gasteiger partial charge < -0.3 is 61.7 Å². The Morgan fingerprint density at radius 1 is 0.435 bits per heavy atom. The number of hydrogen-bond donors (Lipinski definition) is 0. The fourth-order valence-corrected chi connectivity index (χ4v) is 11.3. The van der Waals surface area contributed by atoms with Crippen molar-refractivity contribution in [1.29, 1.82) is 0 Å². The van der Waals surface area contributed by atoms with Gasteiger partial charge in [0.05, 0.1) is 49.7 Å². The molecule has 3 saturated heterocycles. The normalized spacial score (nSPS) is 22.7. The number of benzene rings is 9. The lowest BCUT2D eigenvalue weighted by Crippen LogP contribution is -2.67. The summed E-state index contributed by atoms with van der Waals surface area (Å²) in [6.45, 7) is -0.264. The number of carbonyl (C=O) groups is 4. The number of fused-ring (bicyclic) bond motifs is 2. The molecule has 0 N–H and O–H groups in total. The minimum Gasteiger partial charge on any atom is -0.452 e. The number of esters is 3. The Bertz CT molecular complexity index is 3800. The third-order valence-corrected chi connectivity index (χ3v) is 16.0. The summed E-state index contributed by atoms with van der Waals surface area (Å²) in [4.78, 5) is 59.9. The minimum absolute atomic E-state index is 0.0135. The summed E-state index contributed by atoms with van der Waals surface area (Å²) in [6, 6.07) is 76.7. The maximum atomic E-state index is 14.9. The summed E-state index contributed by atoms with van der Waals surface area (Å²) in [7, 11) is 0. The third kappa shape index (κ3) is 16.2. The summed E-state index contributed by atoms with van der Waals surface area (Å²) in [5.74, 6) is -2.38. The van der Waals surface area contributed by atoms with Crippen LogP contribution >= 0.6 is 0 Å². The molecule has 0 aliphatic carbocycles. The fourth-order valence-electron chi connectivity index (χ4n) is 11.3. The van der Waals surface area contributed by atoms with Gasteiger partial charge in [0, 0.05) is 18.7 Å². The minimum atomic E-state index is -1.63. The van der Waals surface area contributed by atoms with E-state index in [1.54, 1.807) is 91.0 Å². The highest BCUT2D eigenvalue weighted by Crippen LogP contribution is 2.40. The van der Waals surface area contributed by atoms with Crippen molar-refractivity contribution in [2.45, 2.75) is 94.1 Å². The average Bonchev–Trinajstić information content (AvgIpc) is 0.799. The summed E-state index contributed by atoms with van der Waals surface area (Å²) >= 11 is 0. The molecule has 12 rings (SSSR count). The summed E-state index contributed by atoms with van der Waals surface area (Å²) in [5, 5.41) is 2.02. The molecule has 3 aliphatic rings. The van der Waals surface area contributed by atoms with Gasteiger partial charge in [0.1, 0.15) is 37.1 Å². The van der Waals surface area contributed by atoms with Crippen LogP contribution < -0.4 is 0 Å². The molecule has 0 spiro atoms. The molecule has 9 aromatic carbocycles. The lowest BCUT2D eigenvalue weighted by molar-refractivity contribution is -0.388. The molecule has 1 unspecified atom stereocenters. The quantitative estimate of drug-likeness (QED) is 0.0411. The average molecular weight is 1240 g/mol. The van der Waals surface area contributed by atoms with Crippen LogP contribution in [0.25, 0.3) is 10.8 Å². The van der Waals surface area contributed by atoms with Gasteiger partial charge in [-0.3, -0.25) is 0 Å². The second kappa shape index (κ2) is 31.1. The van der Waals surface area contributed by atoms with Crippen molar-refractivity contribution in [3.05, 3.63) is 299 Å². The van der Waals surface area contributed by atoms with E-state index in [-0.39, 0.29) is 69.4 Å². The molecular weight excluding hydrogens is 1170 g/mol. The van der Waals surface area contributed by atoms with Crippen LogP contribution in [0.3, 0.4) is 0 Å². The molecule has 92 heavy (non-hydrogen) atoms. The molecule has 1 amide bonds. The number of nitrogens with zero attached hydrogens (tertiary/aromatic N) is 1. The largest absolute Gasteiger partial charge is 0.452 e. The number of carbonyl (C=O) groups excluding carboxylic acids is 4. The van der Waals surface area contributed by atoms with E-state index in [4.69, 9.17) is 56.8 Å².